The molecule has 5 nitrogen and oxygen atoms in total. The van der Waals surface area contributed by atoms with Crippen LogP contribution in [0.4, 0.5) is 0 Å². The van der Waals surface area contributed by atoms with Crippen LogP contribution in [0.5, 0.6) is 0 Å². The molecule has 0 unspecified atom stereocenters. The SMILES string of the molecule is Cc1nnc(Cn2ccc3c(C#N)cccc32)n1C. The number of aromatic nitrogens is 4. The van der Waals surface area contributed by atoms with E-state index in [0.29, 0.717) is 12.1 Å². The van der Waals surface area contributed by atoms with Crippen LogP contribution in [0.2, 0.25) is 0 Å². The summed E-state index contributed by atoms with van der Waals surface area (Å²) in [5.41, 5.74) is 1.74. The minimum Gasteiger partial charge on any atom is -0.340 e. The molecule has 0 aliphatic rings. The smallest absolute Gasteiger partial charge is 0.152 e. The van der Waals surface area contributed by atoms with Gasteiger partial charge in [-0.3, -0.25) is 0 Å². The van der Waals surface area contributed by atoms with Gasteiger partial charge in [0.1, 0.15) is 5.82 Å². The zero-order chi connectivity index (χ0) is 13.4. The van der Waals surface area contributed by atoms with E-state index < -0.39 is 0 Å². The monoisotopic (exact) mass is 251 g/mol. The Morgan fingerprint density at radius 3 is 2.79 bits per heavy atom. The summed E-state index contributed by atoms with van der Waals surface area (Å²) in [5.74, 6) is 1.79. The fraction of sp³-hybridized carbons (Fsp3) is 0.214. The van der Waals surface area contributed by atoms with E-state index in [4.69, 9.17) is 5.26 Å². The van der Waals surface area contributed by atoms with E-state index in [1.165, 1.54) is 0 Å². The van der Waals surface area contributed by atoms with Crippen LogP contribution >= 0.6 is 0 Å². The predicted octanol–water partition coefficient (Wildman–Crippen LogP) is 2.00. The summed E-state index contributed by atoms with van der Waals surface area (Å²) in [4.78, 5) is 0. The predicted molar refractivity (Wildman–Crippen MR) is 71.5 cm³/mol. The number of fused-ring (bicyclic) bond motifs is 1. The maximum atomic E-state index is 9.10. The number of hydrogen-bond acceptors (Lipinski definition) is 3. The number of benzene rings is 1. The molecule has 3 aromatic rings. The van der Waals surface area contributed by atoms with Gasteiger partial charge in [-0.05, 0) is 25.1 Å². The fourth-order valence-electron chi connectivity index (χ4n) is 2.20. The summed E-state index contributed by atoms with van der Waals surface area (Å²) in [5, 5.41) is 18.3. The first-order chi connectivity index (χ1) is 9.20. The first-order valence-electron chi connectivity index (χ1n) is 6.03. The molecule has 0 saturated heterocycles. The van der Waals surface area contributed by atoms with Crippen LogP contribution in [0.1, 0.15) is 17.2 Å². The van der Waals surface area contributed by atoms with Crippen molar-refractivity contribution in [1.82, 2.24) is 19.3 Å². The second-order valence-corrected chi connectivity index (χ2v) is 4.52. The largest absolute Gasteiger partial charge is 0.340 e. The summed E-state index contributed by atoms with van der Waals surface area (Å²) in [6.45, 7) is 2.58. The lowest BCUT2D eigenvalue weighted by Crippen LogP contribution is -2.05. The molecule has 2 aromatic heterocycles. The average Bonchev–Trinajstić information content (AvgIpc) is 2.97. The molecule has 2 heterocycles. The normalized spacial score (nSPS) is 10.8. The molecule has 0 spiro atoms. The van der Waals surface area contributed by atoms with Crippen LogP contribution < -0.4 is 0 Å². The van der Waals surface area contributed by atoms with Crippen LogP contribution in [0.15, 0.2) is 30.5 Å². The van der Waals surface area contributed by atoms with E-state index in [1.807, 2.05) is 49.0 Å². The molecule has 0 N–H and O–H groups in total. The van der Waals surface area contributed by atoms with Gasteiger partial charge in [0.25, 0.3) is 0 Å². The summed E-state index contributed by atoms with van der Waals surface area (Å²) in [6.07, 6.45) is 1.98. The van der Waals surface area contributed by atoms with Crippen molar-refractivity contribution in [2.45, 2.75) is 13.5 Å². The van der Waals surface area contributed by atoms with E-state index in [0.717, 1.165) is 22.6 Å². The van der Waals surface area contributed by atoms with Crippen LogP contribution in [-0.2, 0) is 13.6 Å². The van der Waals surface area contributed by atoms with Gasteiger partial charge in [0.2, 0.25) is 0 Å². The zero-order valence-electron chi connectivity index (χ0n) is 10.8. The van der Waals surface area contributed by atoms with Crippen LogP contribution in [-0.4, -0.2) is 19.3 Å². The van der Waals surface area contributed by atoms with E-state index in [-0.39, 0.29) is 0 Å². The molecule has 0 bridgehead atoms. The molecule has 0 fully saturated rings. The molecule has 0 saturated carbocycles. The minimum atomic E-state index is 0.649. The Hall–Kier alpha value is -2.61. The van der Waals surface area contributed by atoms with Crippen molar-refractivity contribution in [1.29, 1.82) is 5.26 Å². The van der Waals surface area contributed by atoms with Crippen LogP contribution in [0, 0.1) is 18.3 Å². The van der Waals surface area contributed by atoms with E-state index in [1.54, 1.807) is 0 Å². The second kappa shape index (κ2) is 4.25. The van der Waals surface area contributed by atoms with E-state index >= 15 is 0 Å². The number of nitrogens with zero attached hydrogens (tertiary/aromatic N) is 5. The van der Waals surface area contributed by atoms with Gasteiger partial charge in [0, 0.05) is 24.1 Å². The van der Waals surface area contributed by atoms with Gasteiger partial charge >= 0.3 is 0 Å². The van der Waals surface area contributed by atoms with Crippen LogP contribution in [0.25, 0.3) is 10.9 Å². The molecule has 94 valence electrons. The highest BCUT2D eigenvalue weighted by atomic mass is 15.3. The molecular weight excluding hydrogens is 238 g/mol. The summed E-state index contributed by atoms with van der Waals surface area (Å²) in [7, 11) is 1.96. The quantitative estimate of drug-likeness (QED) is 0.700. The first kappa shape index (κ1) is 11.5. The molecule has 0 amide bonds. The lowest BCUT2D eigenvalue weighted by atomic mass is 10.1. The van der Waals surface area contributed by atoms with Gasteiger partial charge < -0.3 is 9.13 Å². The molecule has 3 rings (SSSR count). The second-order valence-electron chi connectivity index (χ2n) is 4.52. The topological polar surface area (TPSA) is 59.4 Å². The molecule has 19 heavy (non-hydrogen) atoms. The van der Waals surface area contributed by atoms with Crippen molar-refractivity contribution >= 4 is 10.9 Å². The Morgan fingerprint density at radius 1 is 1.26 bits per heavy atom. The maximum Gasteiger partial charge on any atom is 0.152 e. The Bertz CT molecular complexity index is 788. The number of hydrogen-bond donors (Lipinski definition) is 0. The highest BCUT2D eigenvalue weighted by molar-refractivity contribution is 5.86. The van der Waals surface area contributed by atoms with Crippen LogP contribution in [0.3, 0.4) is 0 Å². The first-order valence-corrected chi connectivity index (χ1v) is 6.03. The third-order valence-corrected chi connectivity index (χ3v) is 3.43. The third kappa shape index (κ3) is 1.78. The van der Waals surface area contributed by atoms with Crippen molar-refractivity contribution in [2.75, 3.05) is 0 Å². The zero-order valence-corrected chi connectivity index (χ0v) is 10.8. The molecule has 0 aliphatic carbocycles. The van der Waals surface area contributed by atoms with E-state index in [9.17, 15) is 0 Å². The third-order valence-electron chi connectivity index (χ3n) is 3.43. The summed E-state index contributed by atoms with van der Waals surface area (Å²) < 4.78 is 4.06. The van der Waals surface area contributed by atoms with Crippen molar-refractivity contribution in [3.05, 3.63) is 47.7 Å². The number of nitriles is 1. The van der Waals surface area contributed by atoms with Gasteiger partial charge in [-0.25, -0.2) is 0 Å². The summed E-state index contributed by atoms with van der Waals surface area (Å²) >= 11 is 0. The highest BCUT2D eigenvalue weighted by Gasteiger charge is 2.09. The van der Waals surface area contributed by atoms with Gasteiger partial charge in [0.15, 0.2) is 5.82 Å². The Kier molecular flexibility index (Phi) is 2.57. The highest BCUT2D eigenvalue weighted by Crippen LogP contribution is 2.20. The number of aryl methyl sites for hydroxylation is 1. The Morgan fingerprint density at radius 2 is 2.11 bits per heavy atom. The summed E-state index contributed by atoms with van der Waals surface area (Å²) in [6, 6.07) is 9.93. The Labute approximate surface area is 110 Å². The fourth-order valence-corrected chi connectivity index (χ4v) is 2.20. The Balaban J connectivity index is 2.08. The lowest BCUT2D eigenvalue weighted by molar-refractivity contribution is 0.708. The lowest BCUT2D eigenvalue weighted by Gasteiger charge is -2.05. The number of rotatable bonds is 2. The molecule has 5 heteroatoms. The van der Waals surface area contributed by atoms with Crippen molar-refractivity contribution < 1.29 is 0 Å². The van der Waals surface area contributed by atoms with Gasteiger partial charge in [-0.1, -0.05) is 6.07 Å². The molecule has 0 atom stereocenters. The standard InChI is InChI=1S/C14H13N5/c1-10-16-17-14(18(10)2)9-19-7-6-12-11(8-15)4-3-5-13(12)19/h3-7H,9H2,1-2H3. The molecular formula is C14H13N5. The van der Waals surface area contributed by atoms with Gasteiger partial charge in [0.05, 0.1) is 18.2 Å². The van der Waals surface area contributed by atoms with E-state index in [2.05, 4.69) is 20.8 Å². The van der Waals surface area contributed by atoms with Crippen molar-refractivity contribution in [3.8, 4) is 6.07 Å². The molecule has 0 aliphatic heterocycles. The molecule has 0 radical (unpaired) electrons. The average molecular weight is 251 g/mol. The minimum absolute atomic E-state index is 0.649. The maximum absolute atomic E-state index is 9.10. The molecule has 1 aromatic carbocycles. The van der Waals surface area contributed by atoms with Crippen molar-refractivity contribution in [3.63, 3.8) is 0 Å². The van der Waals surface area contributed by atoms with Gasteiger partial charge in [-0.2, -0.15) is 5.26 Å². The van der Waals surface area contributed by atoms with Gasteiger partial charge in [-0.15, -0.1) is 10.2 Å². The van der Waals surface area contributed by atoms with Crippen molar-refractivity contribution in [2.24, 2.45) is 7.05 Å².